The molecule has 5 heteroatoms. The van der Waals surface area contributed by atoms with E-state index in [1.807, 2.05) is 11.8 Å². The maximum atomic E-state index is 12.1. The first-order valence-electron chi connectivity index (χ1n) is 5.23. The summed E-state index contributed by atoms with van der Waals surface area (Å²) in [6, 6.07) is 0.414. The van der Waals surface area contributed by atoms with E-state index in [2.05, 4.69) is 5.10 Å². The quantitative estimate of drug-likeness (QED) is 0.792. The molecule has 0 aromatic carbocycles. The van der Waals surface area contributed by atoms with Crippen LogP contribution in [-0.2, 0) is 7.05 Å². The Balaban J connectivity index is 2.26. The van der Waals surface area contributed by atoms with Gasteiger partial charge in [-0.15, -0.1) is 0 Å². The standard InChI is InChI=1S/C10H16N4O/c1-3-14(7-4-5-7)10(15)9-8(11)6-12-13(9)2/h6-7H,3-5,11H2,1-2H3. The first-order chi connectivity index (χ1) is 7.15. The van der Waals surface area contributed by atoms with Crippen molar-refractivity contribution >= 4 is 11.6 Å². The molecule has 1 aromatic rings. The van der Waals surface area contributed by atoms with Gasteiger partial charge in [-0.3, -0.25) is 9.48 Å². The molecule has 82 valence electrons. The zero-order valence-corrected chi connectivity index (χ0v) is 9.10. The van der Waals surface area contributed by atoms with Gasteiger partial charge in [0.25, 0.3) is 5.91 Å². The highest BCUT2D eigenvalue weighted by molar-refractivity contribution is 5.97. The van der Waals surface area contributed by atoms with Gasteiger partial charge in [0.15, 0.2) is 0 Å². The molecule has 0 atom stereocenters. The number of anilines is 1. The van der Waals surface area contributed by atoms with Gasteiger partial charge >= 0.3 is 0 Å². The number of nitrogens with two attached hydrogens (primary N) is 1. The van der Waals surface area contributed by atoms with E-state index in [1.54, 1.807) is 11.7 Å². The Hall–Kier alpha value is -1.52. The normalized spacial score (nSPS) is 15.3. The summed E-state index contributed by atoms with van der Waals surface area (Å²) >= 11 is 0. The van der Waals surface area contributed by atoms with Crippen molar-refractivity contribution in [2.45, 2.75) is 25.8 Å². The monoisotopic (exact) mass is 208 g/mol. The molecule has 0 radical (unpaired) electrons. The van der Waals surface area contributed by atoms with Crippen molar-refractivity contribution in [3.63, 3.8) is 0 Å². The third-order valence-corrected chi connectivity index (χ3v) is 2.76. The third kappa shape index (κ3) is 1.69. The van der Waals surface area contributed by atoms with Crippen molar-refractivity contribution in [3.8, 4) is 0 Å². The summed E-state index contributed by atoms with van der Waals surface area (Å²) in [6.45, 7) is 2.72. The van der Waals surface area contributed by atoms with Crippen molar-refractivity contribution in [1.82, 2.24) is 14.7 Å². The fourth-order valence-corrected chi connectivity index (χ4v) is 1.81. The number of carbonyl (C=O) groups excluding carboxylic acids is 1. The van der Waals surface area contributed by atoms with Gasteiger partial charge in [0.1, 0.15) is 5.69 Å². The average molecular weight is 208 g/mol. The first kappa shape index (κ1) is 10.0. The van der Waals surface area contributed by atoms with Crippen LogP contribution in [0.1, 0.15) is 30.3 Å². The third-order valence-electron chi connectivity index (χ3n) is 2.76. The molecule has 1 aromatic heterocycles. The molecule has 1 fully saturated rings. The molecule has 15 heavy (non-hydrogen) atoms. The first-order valence-corrected chi connectivity index (χ1v) is 5.23. The highest BCUT2D eigenvalue weighted by Gasteiger charge is 2.33. The van der Waals surface area contributed by atoms with Crippen LogP contribution in [0.3, 0.4) is 0 Å². The molecule has 2 N–H and O–H groups in total. The lowest BCUT2D eigenvalue weighted by molar-refractivity contribution is 0.0742. The van der Waals surface area contributed by atoms with Crippen LogP contribution < -0.4 is 5.73 Å². The predicted octanol–water partition coefficient (Wildman–Crippen LogP) is 0.627. The Morgan fingerprint density at radius 2 is 2.40 bits per heavy atom. The van der Waals surface area contributed by atoms with Crippen LogP contribution >= 0.6 is 0 Å². The van der Waals surface area contributed by atoms with Gasteiger partial charge in [-0.25, -0.2) is 0 Å². The molecule has 0 saturated heterocycles. The number of aryl methyl sites for hydroxylation is 1. The van der Waals surface area contributed by atoms with Gasteiger partial charge in [-0.1, -0.05) is 0 Å². The zero-order chi connectivity index (χ0) is 11.0. The van der Waals surface area contributed by atoms with Crippen LogP contribution in [0.15, 0.2) is 6.20 Å². The second-order valence-electron chi connectivity index (χ2n) is 3.89. The Bertz CT molecular complexity index is 361. The zero-order valence-electron chi connectivity index (χ0n) is 9.10. The lowest BCUT2D eigenvalue weighted by Gasteiger charge is -2.20. The number of aromatic nitrogens is 2. The summed E-state index contributed by atoms with van der Waals surface area (Å²) in [7, 11) is 1.74. The number of hydrogen-bond donors (Lipinski definition) is 1. The van der Waals surface area contributed by atoms with Gasteiger partial charge in [0.05, 0.1) is 11.9 Å². The van der Waals surface area contributed by atoms with Gasteiger partial charge in [0.2, 0.25) is 0 Å². The van der Waals surface area contributed by atoms with Gasteiger partial charge in [0, 0.05) is 19.6 Å². The summed E-state index contributed by atoms with van der Waals surface area (Å²) in [5.74, 6) is -0.00231. The number of rotatable bonds is 3. The number of carbonyl (C=O) groups is 1. The molecule has 1 aliphatic rings. The largest absolute Gasteiger partial charge is 0.396 e. The lowest BCUT2D eigenvalue weighted by Crippen LogP contribution is -2.34. The summed E-state index contributed by atoms with van der Waals surface area (Å²) in [5.41, 5.74) is 6.69. The summed E-state index contributed by atoms with van der Waals surface area (Å²) in [6.07, 6.45) is 3.74. The van der Waals surface area contributed by atoms with Crippen molar-refractivity contribution < 1.29 is 4.79 Å². The highest BCUT2D eigenvalue weighted by atomic mass is 16.2. The molecule has 0 unspecified atom stereocenters. The lowest BCUT2D eigenvalue weighted by atomic mass is 10.3. The van der Waals surface area contributed by atoms with E-state index >= 15 is 0 Å². The second-order valence-corrected chi connectivity index (χ2v) is 3.89. The minimum absolute atomic E-state index is 0.00231. The fraction of sp³-hybridized carbons (Fsp3) is 0.600. The topological polar surface area (TPSA) is 64.2 Å². The molecular weight excluding hydrogens is 192 g/mol. The molecule has 2 rings (SSSR count). The Kier molecular flexibility index (Phi) is 2.38. The second kappa shape index (κ2) is 3.56. The fourth-order valence-electron chi connectivity index (χ4n) is 1.81. The molecule has 0 aliphatic heterocycles. The van der Waals surface area contributed by atoms with E-state index in [0.717, 1.165) is 19.4 Å². The Labute approximate surface area is 88.8 Å². The molecule has 1 aliphatic carbocycles. The van der Waals surface area contributed by atoms with Crippen molar-refractivity contribution in [2.24, 2.45) is 7.05 Å². The smallest absolute Gasteiger partial charge is 0.274 e. The van der Waals surface area contributed by atoms with E-state index < -0.39 is 0 Å². The van der Waals surface area contributed by atoms with E-state index in [-0.39, 0.29) is 5.91 Å². The van der Waals surface area contributed by atoms with Crippen LogP contribution in [0, 0.1) is 0 Å². The van der Waals surface area contributed by atoms with E-state index in [9.17, 15) is 4.79 Å². The van der Waals surface area contributed by atoms with E-state index in [0.29, 0.717) is 17.4 Å². The molecular formula is C10H16N4O. The van der Waals surface area contributed by atoms with Crippen LogP contribution in [-0.4, -0.2) is 33.2 Å². The molecule has 5 nitrogen and oxygen atoms in total. The van der Waals surface area contributed by atoms with E-state index in [1.165, 1.54) is 6.20 Å². The van der Waals surface area contributed by atoms with Gasteiger partial charge < -0.3 is 10.6 Å². The SMILES string of the molecule is CCN(C(=O)c1c(N)cnn1C)C1CC1. The summed E-state index contributed by atoms with van der Waals surface area (Å²) < 4.78 is 1.54. The average Bonchev–Trinajstić information content (AvgIpc) is 2.95. The minimum atomic E-state index is -0.00231. The van der Waals surface area contributed by atoms with Crippen LogP contribution in [0.2, 0.25) is 0 Å². The summed E-state index contributed by atoms with van der Waals surface area (Å²) in [5, 5.41) is 3.98. The predicted molar refractivity (Wildman–Crippen MR) is 57.4 cm³/mol. The number of amides is 1. The number of nitrogens with zero attached hydrogens (tertiary/aromatic N) is 3. The van der Waals surface area contributed by atoms with Crippen LogP contribution in [0.25, 0.3) is 0 Å². The van der Waals surface area contributed by atoms with Crippen molar-refractivity contribution in [3.05, 3.63) is 11.9 Å². The molecule has 1 heterocycles. The molecule has 1 saturated carbocycles. The minimum Gasteiger partial charge on any atom is -0.396 e. The number of hydrogen-bond acceptors (Lipinski definition) is 3. The van der Waals surface area contributed by atoms with Crippen molar-refractivity contribution in [2.75, 3.05) is 12.3 Å². The molecule has 0 bridgehead atoms. The number of nitrogen functional groups attached to an aromatic ring is 1. The summed E-state index contributed by atoms with van der Waals surface area (Å²) in [4.78, 5) is 14.0. The maximum absolute atomic E-state index is 12.1. The highest BCUT2D eigenvalue weighted by Crippen LogP contribution is 2.28. The van der Waals surface area contributed by atoms with E-state index in [4.69, 9.17) is 5.73 Å². The van der Waals surface area contributed by atoms with Crippen LogP contribution in [0.4, 0.5) is 5.69 Å². The maximum Gasteiger partial charge on any atom is 0.274 e. The Morgan fingerprint density at radius 1 is 1.73 bits per heavy atom. The molecule has 0 spiro atoms. The Morgan fingerprint density at radius 3 is 2.80 bits per heavy atom. The van der Waals surface area contributed by atoms with Crippen molar-refractivity contribution in [1.29, 1.82) is 0 Å². The van der Waals surface area contributed by atoms with Gasteiger partial charge in [-0.2, -0.15) is 5.10 Å². The van der Waals surface area contributed by atoms with Gasteiger partial charge in [-0.05, 0) is 19.8 Å². The molecule has 1 amide bonds. The van der Waals surface area contributed by atoms with Crippen LogP contribution in [0.5, 0.6) is 0 Å².